The van der Waals surface area contributed by atoms with Gasteiger partial charge in [-0.25, -0.2) is 0 Å². The number of halogens is 1. The number of rotatable bonds is 6. The summed E-state index contributed by atoms with van der Waals surface area (Å²) in [5.74, 6) is 0.776. The molecule has 0 spiro atoms. The van der Waals surface area contributed by atoms with Crippen molar-refractivity contribution in [3.63, 3.8) is 0 Å². The van der Waals surface area contributed by atoms with Gasteiger partial charge in [0, 0.05) is 16.9 Å². The Morgan fingerprint density at radius 1 is 1.12 bits per heavy atom. The Labute approximate surface area is 150 Å². The van der Waals surface area contributed by atoms with E-state index in [4.69, 9.17) is 4.74 Å². The molecule has 1 heterocycles. The maximum absolute atomic E-state index is 10.3. The zero-order valence-electron chi connectivity index (χ0n) is 13.5. The van der Waals surface area contributed by atoms with Crippen molar-refractivity contribution in [2.75, 3.05) is 0 Å². The summed E-state index contributed by atoms with van der Waals surface area (Å²) in [6, 6.07) is 16.1. The molecular formula is C20H20BrNO2. The number of hydrogen-bond donors (Lipinski definition) is 1. The highest BCUT2D eigenvalue weighted by Gasteiger charge is 2.16. The Hall–Kier alpha value is -1.91. The number of benzene rings is 2. The molecule has 3 nitrogen and oxygen atoms in total. The Morgan fingerprint density at radius 3 is 2.71 bits per heavy atom. The van der Waals surface area contributed by atoms with E-state index in [1.165, 1.54) is 0 Å². The van der Waals surface area contributed by atoms with Crippen molar-refractivity contribution in [2.45, 2.75) is 32.0 Å². The Bertz CT molecular complexity index is 807. The van der Waals surface area contributed by atoms with Crippen LogP contribution >= 0.6 is 15.9 Å². The number of nitrogens with zero attached hydrogens (tertiary/aromatic N) is 1. The van der Waals surface area contributed by atoms with Gasteiger partial charge in [0.2, 0.25) is 0 Å². The minimum atomic E-state index is -0.522. The average Bonchev–Trinajstić information content (AvgIpc) is 2.60. The second-order valence-corrected chi connectivity index (χ2v) is 6.86. The van der Waals surface area contributed by atoms with Crippen LogP contribution in [0, 0.1) is 0 Å². The summed E-state index contributed by atoms with van der Waals surface area (Å²) in [4.78, 5) is 4.09. The van der Waals surface area contributed by atoms with Gasteiger partial charge >= 0.3 is 0 Å². The molecule has 0 fully saturated rings. The van der Waals surface area contributed by atoms with Crippen molar-refractivity contribution < 1.29 is 9.84 Å². The summed E-state index contributed by atoms with van der Waals surface area (Å²) in [5, 5.41) is 12.6. The first kappa shape index (κ1) is 16.9. The van der Waals surface area contributed by atoms with Crippen LogP contribution in [0.3, 0.4) is 0 Å². The zero-order chi connectivity index (χ0) is 16.9. The molecule has 1 N–H and O–H groups in total. The number of pyridine rings is 1. The number of aryl methyl sites for hydroxylation is 1. The van der Waals surface area contributed by atoms with Crippen molar-refractivity contribution >= 4 is 26.7 Å². The maximum atomic E-state index is 10.3. The van der Waals surface area contributed by atoms with Crippen LogP contribution in [0.4, 0.5) is 0 Å². The van der Waals surface area contributed by atoms with Gasteiger partial charge in [-0.05, 0) is 66.4 Å². The van der Waals surface area contributed by atoms with Crippen LogP contribution in [0.2, 0.25) is 0 Å². The van der Waals surface area contributed by atoms with Crippen LogP contribution in [-0.4, -0.2) is 22.3 Å². The Balaban J connectivity index is 1.61. The molecular weight excluding hydrogens is 366 g/mol. The largest absolute Gasteiger partial charge is 0.488 e. The van der Waals surface area contributed by atoms with Gasteiger partial charge in [0.25, 0.3) is 0 Å². The molecule has 3 aromatic rings. The topological polar surface area (TPSA) is 42.4 Å². The van der Waals surface area contributed by atoms with Crippen LogP contribution in [0.5, 0.6) is 5.75 Å². The molecule has 0 saturated heterocycles. The van der Waals surface area contributed by atoms with Gasteiger partial charge in [-0.1, -0.05) is 34.1 Å². The third-order valence-corrected chi connectivity index (χ3v) is 4.58. The number of ether oxygens (including phenoxy) is 1. The molecule has 0 aliphatic carbocycles. The Morgan fingerprint density at radius 2 is 1.92 bits per heavy atom. The first-order valence-electron chi connectivity index (χ1n) is 8.05. The first-order chi connectivity index (χ1) is 11.6. The molecule has 2 atom stereocenters. The molecule has 3 rings (SSSR count). The summed E-state index contributed by atoms with van der Waals surface area (Å²) in [5.41, 5.74) is 1.13. The van der Waals surface area contributed by atoms with Crippen molar-refractivity contribution in [3.8, 4) is 5.75 Å². The highest BCUT2D eigenvalue weighted by molar-refractivity contribution is 9.10. The first-order valence-corrected chi connectivity index (χ1v) is 8.84. The van der Waals surface area contributed by atoms with Crippen molar-refractivity contribution in [3.05, 3.63) is 71.0 Å². The van der Waals surface area contributed by atoms with Crippen molar-refractivity contribution in [1.29, 1.82) is 0 Å². The smallest absolute Gasteiger partial charge is 0.122 e. The molecule has 0 aliphatic heterocycles. The van der Waals surface area contributed by atoms with Gasteiger partial charge in [0.1, 0.15) is 11.9 Å². The minimum Gasteiger partial charge on any atom is -0.488 e. The number of aromatic nitrogens is 1. The van der Waals surface area contributed by atoms with E-state index in [1.54, 1.807) is 6.20 Å². The minimum absolute atomic E-state index is 0.269. The quantitative estimate of drug-likeness (QED) is 0.664. The fourth-order valence-electron chi connectivity index (χ4n) is 2.66. The van der Waals surface area contributed by atoms with Crippen LogP contribution in [0.25, 0.3) is 10.8 Å². The molecule has 0 aliphatic rings. The van der Waals surface area contributed by atoms with E-state index in [0.29, 0.717) is 6.42 Å². The van der Waals surface area contributed by atoms with Crippen LogP contribution in [0.15, 0.2) is 65.4 Å². The molecule has 124 valence electrons. The summed E-state index contributed by atoms with van der Waals surface area (Å²) in [6.07, 6.45) is 4.23. The van der Waals surface area contributed by atoms with E-state index in [2.05, 4.69) is 33.0 Å². The summed E-state index contributed by atoms with van der Waals surface area (Å²) < 4.78 is 6.98. The van der Waals surface area contributed by atoms with Gasteiger partial charge < -0.3 is 9.84 Å². The van der Waals surface area contributed by atoms with E-state index in [0.717, 1.165) is 33.0 Å². The third-order valence-electron chi connectivity index (χ3n) is 4.09. The number of hydrogen-bond acceptors (Lipinski definition) is 3. The second-order valence-electron chi connectivity index (χ2n) is 5.94. The molecule has 2 aromatic carbocycles. The molecule has 0 amide bonds. The molecule has 0 saturated carbocycles. The predicted molar refractivity (Wildman–Crippen MR) is 100 cm³/mol. The summed E-state index contributed by atoms with van der Waals surface area (Å²) in [6.45, 7) is 1.90. The standard InChI is InChI=1S/C20H20BrNO2/c1-14(20(23)9-4-15-3-2-10-22-13-15)24-19-8-6-16-11-18(21)7-5-17(16)12-19/h2-3,5-8,10-14,20,23H,4,9H2,1H3/t14-,20+/m0/s1. The highest BCUT2D eigenvalue weighted by Crippen LogP contribution is 2.25. The van der Waals surface area contributed by atoms with Crippen molar-refractivity contribution in [1.82, 2.24) is 4.98 Å². The highest BCUT2D eigenvalue weighted by atomic mass is 79.9. The lowest BCUT2D eigenvalue weighted by Crippen LogP contribution is -2.29. The van der Waals surface area contributed by atoms with Crippen molar-refractivity contribution in [2.24, 2.45) is 0 Å². The zero-order valence-corrected chi connectivity index (χ0v) is 15.1. The fourth-order valence-corrected chi connectivity index (χ4v) is 3.04. The number of aliphatic hydroxyl groups is 1. The summed E-state index contributed by atoms with van der Waals surface area (Å²) in [7, 11) is 0. The molecule has 1 aromatic heterocycles. The lowest BCUT2D eigenvalue weighted by atomic mass is 10.1. The van der Waals surface area contributed by atoms with Crippen LogP contribution < -0.4 is 4.74 Å². The molecule has 0 unspecified atom stereocenters. The molecule has 0 radical (unpaired) electrons. The Kier molecular flexibility index (Phi) is 5.48. The van der Waals surface area contributed by atoms with E-state index in [-0.39, 0.29) is 6.10 Å². The fraction of sp³-hybridized carbons (Fsp3) is 0.250. The van der Waals surface area contributed by atoms with E-state index >= 15 is 0 Å². The second kappa shape index (κ2) is 7.77. The lowest BCUT2D eigenvalue weighted by molar-refractivity contribution is 0.0421. The average molecular weight is 386 g/mol. The van der Waals surface area contributed by atoms with Gasteiger partial charge in [-0.2, -0.15) is 0 Å². The van der Waals surface area contributed by atoms with Gasteiger partial charge in [0.15, 0.2) is 0 Å². The lowest BCUT2D eigenvalue weighted by Gasteiger charge is -2.21. The monoisotopic (exact) mass is 385 g/mol. The molecule has 4 heteroatoms. The number of fused-ring (bicyclic) bond motifs is 1. The van der Waals surface area contributed by atoms with Gasteiger partial charge in [-0.15, -0.1) is 0 Å². The van der Waals surface area contributed by atoms with E-state index in [9.17, 15) is 5.11 Å². The van der Waals surface area contributed by atoms with Crippen LogP contribution in [-0.2, 0) is 6.42 Å². The number of aliphatic hydroxyl groups excluding tert-OH is 1. The molecule has 24 heavy (non-hydrogen) atoms. The molecule has 0 bridgehead atoms. The predicted octanol–water partition coefficient (Wildman–Crippen LogP) is 4.76. The summed E-state index contributed by atoms with van der Waals surface area (Å²) >= 11 is 3.48. The van der Waals surface area contributed by atoms with E-state index < -0.39 is 6.10 Å². The third kappa shape index (κ3) is 4.34. The maximum Gasteiger partial charge on any atom is 0.122 e. The normalized spacial score (nSPS) is 13.6. The van der Waals surface area contributed by atoms with Gasteiger partial charge in [-0.3, -0.25) is 4.98 Å². The van der Waals surface area contributed by atoms with Crippen LogP contribution in [0.1, 0.15) is 18.9 Å². The SMILES string of the molecule is C[C@H](Oc1ccc2cc(Br)ccc2c1)[C@H](O)CCc1cccnc1. The van der Waals surface area contributed by atoms with E-state index in [1.807, 2.05) is 49.5 Å². The van der Waals surface area contributed by atoms with Gasteiger partial charge in [0.05, 0.1) is 6.10 Å².